The molecule has 0 heterocycles. The van der Waals surface area contributed by atoms with E-state index in [0.717, 1.165) is 6.42 Å². The Hall–Kier alpha value is -2.83. The average molecular weight is 554 g/mol. The van der Waals surface area contributed by atoms with Crippen molar-refractivity contribution in [3.8, 4) is 5.75 Å². The Bertz CT molecular complexity index is 1050. The van der Waals surface area contributed by atoms with Crippen molar-refractivity contribution in [1.82, 2.24) is 5.32 Å². The zero-order valence-electron chi connectivity index (χ0n) is 21.2. The molecule has 12 nitrogen and oxygen atoms in total. The van der Waals surface area contributed by atoms with Crippen LogP contribution in [0.4, 0.5) is 5.69 Å². The first-order valence-electron chi connectivity index (χ1n) is 12.2. The molecule has 0 aliphatic heterocycles. The van der Waals surface area contributed by atoms with Gasteiger partial charge in [0.2, 0.25) is 0 Å². The minimum absolute atomic E-state index is 0.0794. The van der Waals surface area contributed by atoms with Gasteiger partial charge in [0.1, 0.15) is 11.1 Å². The first kappa shape index (κ1) is 31.4. The molecule has 2 aromatic carbocycles. The van der Waals surface area contributed by atoms with Crippen LogP contribution in [0.1, 0.15) is 23.2 Å². The first-order valence-corrected chi connectivity index (χ1v) is 13.8. The van der Waals surface area contributed by atoms with Gasteiger partial charge in [-0.3, -0.25) is 14.2 Å². The summed E-state index contributed by atoms with van der Waals surface area (Å²) in [4.78, 5) is 43.5. The summed E-state index contributed by atoms with van der Waals surface area (Å²) in [5.41, 5.74) is 6.12. The van der Waals surface area contributed by atoms with Gasteiger partial charge < -0.3 is 45.1 Å². The monoisotopic (exact) mass is 553 g/mol. The molecule has 0 fully saturated rings. The standard InChI is InChI=1S/C25H36N3O9P/c26-10-4-12-34-14-16-36-17-15-35-13-5-11-27-25(30)20-6-3-7-21(18-20)28-24(29)19-37-22-8-1-2-9-23(22)38(31,32)33/h1-3,6-9,18H,4-5,10-17,19,26H2,(H,27,30)(H,28,29)(H2,31,32,33). The van der Waals surface area contributed by atoms with Gasteiger partial charge in [-0.2, -0.15) is 0 Å². The fraction of sp³-hybridized carbons (Fsp3) is 0.440. The number of para-hydroxylation sites is 1. The molecule has 0 saturated heterocycles. The molecule has 0 unspecified atom stereocenters. The number of benzene rings is 2. The molecule has 2 aromatic rings. The van der Waals surface area contributed by atoms with Crippen molar-refractivity contribution < 1.29 is 42.9 Å². The van der Waals surface area contributed by atoms with Gasteiger partial charge in [0.25, 0.3) is 11.8 Å². The quantitative estimate of drug-likeness (QED) is 0.125. The molecule has 6 N–H and O–H groups in total. The third-order valence-electron chi connectivity index (χ3n) is 4.93. The molecule has 0 atom stereocenters. The molecule has 2 rings (SSSR count). The molecule has 0 radical (unpaired) electrons. The fourth-order valence-electron chi connectivity index (χ4n) is 3.10. The van der Waals surface area contributed by atoms with Crippen LogP contribution in [0.3, 0.4) is 0 Å². The lowest BCUT2D eigenvalue weighted by Crippen LogP contribution is -2.26. The van der Waals surface area contributed by atoms with Crippen LogP contribution in [0, 0.1) is 0 Å². The van der Waals surface area contributed by atoms with E-state index >= 15 is 0 Å². The number of nitrogens with one attached hydrogen (secondary N) is 2. The number of hydrogen-bond donors (Lipinski definition) is 5. The van der Waals surface area contributed by atoms with E-state index in [1.165, 1.54) is 24.3 Å². The van der Waals surface area contributed by atoms with Crippen LogP contribution in [0.15, 0.2) is 48.5 Å². The van der Waals surface area contributed by atoms with Crippen molar-refractivity contribution >= 4 is 30.4 Å². The number of anilines is 1. The Morgan fingerprint density at radius 1 is 0.868 bits per heavy atom. The van der Waals surface area contributed by atoms with Gasteiger partial charge >= 0.3 is 7.60 Å². The Morgan fingerprint density at radius 2 is 1.53 bits per heavy atom. The number of rotatable bonds is 19. The molecule has 0 aliphatic rings. The second kappa shape index (κ2) is 17.6. The topological polar surface area (TPSA) is 179 Å². The molecule has 2 amide bonds. The highest BCUT2D eigenvalue weighted by atomic mass is 31.2. The number of ether oxygens (including phenoxy) is 4. The number of hydrogen-bond acceptors (Lipinski definition) is 8. The van der Waals surface area contributed by atoms with E-state index < -0.39 is 20.1 Å². The molecule has 0 bridgehead atoms. The van der Waals surface area contributed by atoms with Gasteiger partial charge in [-0.05, 0) is 49.7 Å². The molecule has 0 saturated carbocycles. The highest BCUT2D eigenvalue weighted by molar-refractivity contribution is 7.60. The van der Waals surface area contributed by atoms with Gasteiger partial charge in [0.15, 0.2) is 6.61 Å². The van der Waals surface area contributed by atoms with Crippen LogP contribution in [0.2, 0.25) is 0 Å². The largest absolute Gasteiger partial charge is 0.483 e. The molecular formula is C25H36N3O9P. The average Bonchev–Trinajstić information content (AvgIpc) is 2.90. The normalized spacial score (nSPS) is 11.2. The van der Waals surface area contributed by atoms with Crippen molar-refractivity contribution in [2.24, 2.45) is 5.73 Å². The minimum atomic E-state index is -4.55. The van der Waals surface area contributed by atoms with E-state index in [9.17, 15) is 23.9 Å². The lowest BCUT2D eigenvalue weighted by atomic mass is 10.2. The predicted octanol–water partition coefficient (Wildman–Crippen LogP) is 1.03. The summed E-state index contributed by atoms with van der Waals surface area (Å²) in [6, 6.07) is 12.0. The Kier molecular flexibility index (Phi) is 14.6. The third kappa shape index (κ3) is 12.6. The van der Waals surface area contributed by atoms with Gasteiger partial charge in [-0.25, -0.2) is 0 Å². The van der Waals surface area contributed by atoms with E-state index in [1.807, 2.05) is 0 Å². The van der Waals surface area contributed by atoms with E-state index in [-0.39, 0.29) is 17.0 Å². The molecular weight excluding hydrogens is 517 g/mol. The van der Waals surface area contributed by atoms with Gasteiger partial charge in [0.05, 0.1) is 26.4 Å². The Balaban J connectivity index is 1.63. The van der Waals surface area contributed by atoms with E-state index in [2.05, 4.69) is 10.6 Å². The summed E-state index contributed by atoms with van der Waals surface area (Å²) in [6.07, 6.45) is 1.45. The Morgan fingerprint density at radius 3 is 2.21 bits per heavy atom. The maximum absolute atomic E-state index is 12.4. The summed E-state index contributed by atoms with van der Waals surface area (Å²) in [5, 5.41) is 5.09. The number of carbonyl (C=O) groups is 2. The van der Waals surface area contributed by atoms with Crippen molar-refractivity contribution in [3.05, 3.63) is 54.1 Å². The lowest BCUT2D eigenvalue weighted by Gasteiger charge is -2.12. The van der Waals surface area contributed by atoms with Crippen LogP contribution in [0.5, 0.6) is 5.75 Å². The van der Waals surface area contributed by atoms with Crippen LogP contribution in [-0.4, -0.2) is 80.9 Å². The minimum Gasteiger partial charge on any atom is -0.483 e. The van der Waals surface area contributed by atoms with Crippen molar-refractivity contribution in [3.63, 3.8) is 0 Å². The number of nitrogens with two attached hydrogens (primary N) is 1. The first-order chi connectivity index (χ1) is 18.3. The zero-order chi connectivity index (χ0) is 27.6. The van der Waals surface area contributed by atoms with E-state index in [1.54, 1.807) is 24.3 Å². The summed E-state index contributed by atoms with van der Waals surface area (Å²) >= 11 is 0. The maximum Gasteiger partial charge on any atom is 0.359 e. The second-order valence-electron chi connectivity index (χ2n) is 8.02. The van der Waals surface area contributed by atoms with Crippen molar-refractivity contribution in [1.29, 1.82) is 0 Å². The van der Waals surface area contributed by atoms with Gasteiger partial charge in [-0.15, -0.1) is 0 Å². The molecule has 0 aromatic heterocycles. The predicted molar refractivity (Wildman–Crippen MR) is 142 cm³/mol. The summed E-state index contributed by atoms with van der Waals surface area (Å²) in [7, 11) is -4.55. The number of amides is 2. The van der Waals surface area contributed by atoms with Gasteiger partial charge in [0, 0.05) is 31.0 Å². The van der Waals surface area contributed by atoms with Crippen LogP contribution < -0.4 is 26.4 Å². The number of carbonyl (C=O) groups excluding carboxylic acids is 2. The summed E-state index contributed by atoms with van der Waals surface area (Å²) < 4.78 is 33.0. The van der Waals surface area contributed by atoms with Crippen molar-refractivity contribution in [2.45, 2.75) is 12.8 Å². The lowest BCUT2D eigenvalue weighted by molar-refractivity contribution is -0.118. The van der Waals surface area contributed by atoms with Crippen LogP contribution >= 0.6 is 7.60 Å². The summed E-state index contributed by atoms with van der Waals surface area (Å²) in [5.74, 6) is -0.932. The highest BCUT2D eigenvalue weighted by Crippen LogP contribution is 2.37. The molecule has 210 valence electrons. The second-order valence-corrected chi connectivity index (χ2v) is 9.59. The molecule has 0 aliphatic carbocycles. The molecule has 13 heteroatoms. The fourth-order valence-corrected chi connectivity index (χ4v) is 3.81. The van der Waals surface area contributed by atoms with E-state index in [4.69, 9.17) is 24.7 Å². The third-order valence-corrected chi connectivity index (χ3v) is 5.93. The summed E-state index contributed by atoms with van der Waals surface area (Å²) in [6.45, 7) is 3.60. The Labute approximate surface area is 222 Å². The molecule has 0 spiro atoms. The van der Waals surface area contributed by atoms with E-state index in [0.29, 0.717) is 70.4 Å². The highest BCUT2D eigenvalue weighted by Gasteiger charge is 2.22. The SMILES string of the molecule is NCCCOCCOCCOCCCNC(=O)c1cccc(NC(=O)COc2ccccc2P(=O)(O)O)c1. The van der Waals surface area contributed by atoms with Gasteiger partial charge in [-0.1, -0.05) is 18.2 Å². The smallest absolute Gasteiger partial charge is 0.359 e. The zero-order valence-corrected chi connectivity index (χ0v) is 22.1. The van der Waals surface area contributed by atoms with Crippen molar-refractivity contribution in [2.75, 3.05) is 64.7 Å². The molecule has 38 heavy (non-hydrogen) atoms. The maximum atomic E-state index is 12.4. The van der Waals surface area contributed by atoms with Crippen LogP contribution in [-0.2, 0) is 23.6 Å². The van der Waals surface area contributed by atoms with Crippen LogP contribution in [0.25, 0.3) is 0 Å².